The zero-order chi connectivity index (χ0) is 14.8. The van der Waals surface area contributed by atoms with Crippen LogP contribution >= 0.6 is 0 Å². The van der Waals surface area contributed by atoms with Crippen molar-refractivity contribution in [3.63, 3.8) is 0 Å². The van der Waals surface area contributed by atoms with E-state index >= 15 is 0 Å². The third-order valence-corrected chi connectivity index (χ3v) is 4.76. The van der Waals surface area contributed by atoms with Crippen molar-refractivity contribution in [2.24, 2.45) is 0 Å². The second kappa shape index (κ2) is 6.25. The van der Waals surface area contributed by atoms with E-state index < -0.39 is 6.10 Å². The lowest BCUT2D eigenvalue weighted by Gasteiger charge is -2.46. The van der Waals surface area contributed by atoms with Gasteiger partial charge in [-0.05, 0) is 38.3 Å². The zero-order valence-electron chi connectivity index (χ0n) is 13.1. The van der Waals surface area contributed by atoms with E-state index in [0.29, 0.717) is 0 Å². The fraction of sp³-hybridized carbons (Fsp3) is 0.647. The minimum Gasteiger partial charge on any atom is -0.386 e. The molecular formula is C17H27NO2. The smallest absolute Gasteiger partial charge is 0.0973 e. The molecule has 0 aromatic heterocycles. The number of benzene rings is 1. The molecule has 0 bridgehead atoms. The molecule has 0 spiro atoms. The Morgan fingerprint density at radius 3 is 2.50 bits per heavy atom. The second-order valence-corrected chi connectivity index (χ2v) is 6.07. The van der Waals surface area contributed by atoms with E-state index in [1.54, 1.807) is 0 Å². The summed E-state index contributed by atoms with van der Waals surface area (Å²) in [4.78, 5) is 2.38. The van der Waals surface area contributed by atoms with Crippen molar-refractivity contribution in [1.82, 2.24) is 4.90 Å². The third kappa shape index (κ3) is 2.90. The molecule has 2 unspecified atom stereocenters. The van der Waals surface area contributed by atoms with Gasteiger partial charge in [0.2, 0.25) is 0 Å². The predicted molar refractivity (Wildman–Crippen MR) is 82.0 cm³/mol. The topological polar surface area (TPSA) is 32.7 Å². The Bertz CT molecular complexity index is 454. The number of aliphatic hydroxyl groups is 1. The van der Waals surface area contributed by atoms with Gasteiger partial charge in [0.25, 0.3) is 0 Å². The molecule has 0 saturated carbocycles. The molecule has 0 amide bonds. The Labute approximate surface area is 122 Å². The molecule has 0 radical (unpaired) electrons. The molecule has 2 rings (SSSR count). The van der Waals surface area contributed by atoms with Crippen molar-refractivity contribution in [2.75, 3.05) is 26.3 Å². The summed E-state index contributed by atoms with van der Waals surface area (Å²) in [5.41, 5.74) is 3.23. The monoisotopic (exact) mass is 277 g/mol. The van der Waals surface area contributed by atoms with Crippen LogP contribution in [0.3, 0.4) is 0 Å². The Morgan fingerprint density at radius 1 is 1.30 bits per heavy atom. The van der Waals surface area contributed by atoms with Crippen LogP contribution in [0.2, 0.25) is 0 Å². The summed E-state index contributed by atoms with van der Waals surface area (Å²) in [7, 11) is 0. The first-order valence-electron chi connectivity index (χ1n) is 7.57. The maximum absolute atomic E-state index is 11.0. The SMILES string of the molecule is CCC(C)(C(O)c1ccc(C)cc1C)N1CCOCC1. The Hall–Kier alpha value is -0.900. The molecule has 3 heteroatoms. The molecule has 2 atom stereocenters. The molecule has 0 aliphatic carbocycles. The highest BCUT2D eigenvalue weighted by Crippen LogP contribution is 2.36. The van der Waals surface area contributed by atoms with Crippen LogP contribution in [0.1, 0.15) is 43.1 Å². The number of hydrogen-bond acceptors (Lipinski definition) is 3. The summed E-state index contributed by atoms with van der Waals surface area (Å²) in [5.74, 6) is 0. The van der Waals surface area contributed by atoms with E-state index in [2.05, 4.69) is 50.8 Å². The highest BCUT2D eigenvalue weighted by atomic mass is 16.5. The maximum Gasteiger partial charge on any atom is 0.0973 e. The standard InChI is InChI=1S/C17H27NO2/c1-5-17(4,18-8-10-20-11-9-18)16(19)15-7-6-13(2)12-14(15)3/h6-7,12,16,19H,5,8-11H2,1-4H3. The average Bonchev–Trinajstić information content (AvgIpc) is 2.46. The lowest BCUT2D eigenvalue weighted by molar-refractivity contribution is -0.0736. The molecule has 1 fully saturated rings. The van der Waals surface area contributed by atoms with Crippen molar-refractivity contribution < 1.29 is 9.84 Å². The lowest BCUT2D eigenvalue weighted by atomic mass is 9.83. The quantitative estimate of drug-likeness (QED) is 0.918. The van der Waals surface area contributed by atoms with Crippen LogP contribution < -0.4 is 0 Å². The van der Waals surface area contributed by atoms with E-state index in [1.807, 2.05) is 0 Å². The van der Waals surface area contributed by atoms with Crippen molar-refractivity contribution in [2.45, 2.75) is 45.8 Å². The number of rotatable bonds is 4. The first kappa shape index (κ1) is 15.5. The van der Waals surface area contributed by atoms with Gasteiger partial charge in [-0.2, -0.15) is 0 Å². The molecule has 20 heavy (non-hydrogen) atoms. The van der Waals surface area contributed by atoms with Gasteiger partial charge in [-0.25, -0.2) is 0 Å². The van der Waals surface area contributed by atoms with E-state index in [9.17, 15) is 5.11 Å². The molecule has 3 nitrogen and oxygen atoms in total. The fourth-order valence-electron chi connectivity index (χ4n) is 3.13. The highest BCUT2D eigenvalue weighted by molar-refractivity contribution is 5.33. The van der Waals surface area contributed by atoms with Crippen LogP contribution in [0.25, 0.3) is 0 Å². The predicted octanol–water partition coefficient (Wildman–Crippen LogP) is 2.84. The Balaban J connectivity index is 2.29. The molecule has 1 aliphatic rings. The number of nitrogens with zero attached hydrogens (tertiary/aromatic N) is 1. The molecule has 1 aromatic carbocycles. The van der Waals surface area contributed by atoms with Crippen molar-refractivity contribution in [3.8, 4) is 0 Å². The van der Waals surface area contributed by atoms with E-state index in [1.165, 1.54) is 11.1 Å². The Kier molecular flexibility index (Phi) is 4.84. The molecule has 1 saturated heterocycles. The summed E-state index contributed by atoms with van der Waals surface area (Å²) in [6.07, 6.45) is 0.452. The van der Waals surface area contributed by atoms with Gasteiger partial charge in [-0.3, -0.25) is 4.90 Å². The first-order chi connectivity index (χ1) is 9.49. The molecule has 1 heterocycles. The van der Waals surface area contributed by atoms with Gasteiger partial charge in [0.1, 0.15) is 0 Å². The summed E-state index contributed by atoms with van der Waals surface area (Å²) in [6, 6.07) is 6.30. The van der Waals surface area contributed by atoms with Crippen molar-refractivity contribution >= 4 is 0 Å². The largest absolute Gasteiger partial charge is 0.386 e. The van der Waals surface area contributed by atoms with Crippen LogP contribution in [0.5, 0.6) is 0 Å². The Morgan fingerprint density at radius 2 is 1.95 bits per heavy atom. The number of hydrogen-bond donors (Lipinski definition) is 1. The summed E-state index contributed by atoms with van der Waals surface area (Å²) in [5, 5.41) is 11.0. The van der Waals surface area contributed by atoms with E-state index in [0.717, 1.165) is 38.3 Å². The minimum absolute atomic E-state index is 0.232. The highest BCUT2D eigenvalue weighted by Gasteiger charge is 2.39. The summed E-state index contributed by atoms with van der Waals surface area (Å²) in [6.45, 7) is 11.8. The molecule has 1 aliphatic heterocycles. The number of ether oxygens (including phenoxy) is 1. The number of aliphatic hydroxyl groups excluding tert-OH is 1. The van der Waals surface area contributed by atoms with Crippen LogP contribution in [0, 0.1) is 13.8 Å². The van der Waals surface area contributed by atoms with Gasteiger partial charge in [0.15, 0.2) is 0 Å². The molecule has 112 valence electrons. The summed E-state index contributed by atoms with van der Waals surface area (Å²) < 4.78 is 5.44. The van der Waals surface area contributed by atoms with Crippen molar-refractivity contribution in [3.05, 3.63) is 34.9 Å². The molecule has 1 N–H and O–H groups in total. The van der Waals surface area contributed by atoms with E-state index in [4.69, 9.17) is 4.74 Å². The van der Waals surface area contributed by atoms with Gasteiger partial charge in [0, 0.05) is 18.6 Å². The van der Waals surface area contributed by atoms with Crippen LogP contribution in [-0.4, -0.2) is 41.8 Å². The van der Waals surface area contributed by atoms with Gasteiger partial charge in [-0.15, -0.1) is 0 Å². The summed E-state index contributed by atoms with van der Waals surface area (Å²) >= 11 is 0. The van der Waals surface area contributed by atoms with Gasteiger partial charge < -0.3 is 9.84 Å². The molecule has 1 aromatic rings. The number of aryl methyl sites for hydroxylation is 2. The maximum atomic E-state index is 11.0. The second-order valence-electron chi connectivity index (χ2n) is 6.07. The van der Waals surface area contributed by atoms with Gasteiger partial charge >= 0.3 is 0 Å². The van der Waals surface area contributed by atoms with Crippen LogP contribution in [-0.2, 0) is 4.74 Å². The minimum atomic E-state index is -0.466. The zero-order valence-corrected chi connectivity index (χ0v) is 13.1. The average molecular weight is 277 g/mol. The normalized spacial score (nSPS) is 21.4. The van der Waals surface area contributed by atoms with Crippen molar-refractivity contribution in [1.29, 1.82) is 0 Å². The van der Waals surface area contributed by atoms with E-state index in [-0.39, 0.29) is 5.54 Å². The lowest BCUT2D eigenvalue weighted by Crippen LogP contribution is -2.54. The van der Waals surface area contributed by atoms with Gasteiger partial charge in [0.05, 0.1) is 19.3 Å². The number of morpholine rings is 1. The first-order valence-corrected chi connectivity index (χ1v) is 7.57. The third-order valence-electron chi connectivity index (χ3n) is 4.76. The van der Waals surface area contributed by atoms with Crippen LogP contribution in [0.15, 0.2) is 18.2 Å². The molecular weight excluding hydrogens is 250 g/mol. The van der Waals surface area contributed by atoms with Gasteiger partial charge in [-0.1, -0.05) is 30.7 Å². The fourth-order valence-corrected chi connectivity index (χ4v) is 3.13. The van der Waals surface area contributed by atoms with Crippen LogP contribution in [0.4, 0.5) is 0 Å².